The van der Waals surface area contributed by atoms with E-state index in [4.69, 9.17) is 55.1 Å². The third-order valence-electron chi connectivity index (χ3n) is 4.26. The number of benzene rings is 1. The second-order valence-electron chi connectivity index (χ2n) is 6.29. The second-order valence-corrected chi connectivity index (χ2v) is 7.45. The smallest absolute Gasteiger partial charge is 0.303 e. The number of hydrogen-bond acceptors (Lipinski definition) is 7. The quantitative estimate of drug-likeness (QED) is 0.472. The summed E-state index contributed by atoms with van der Waals surface area (Å²) in [5.41, 5.74) is 0.948. The van der Waals surface area contributed by atoms with Gasteiger partial charge in [-0.15, -0.1) is 0 Å². The van der Waals surface area contributed by atoms with Crippen molar-refractivity contribution in [3.05, 3.63) is 27.5 Å². The highest BCUT2D eigenvalue weighted by molar-refractivity contribution is 6.42. The standard InChI is InChI=1S/C18H19Cl3N2O6/c1-4-26-7-14-15(27-8(2)24)16(28-9(3)25)17(29-14)23-13-6-11(20)10(19)5-12(13)22-18(23)21/h5-6,14-17H,4,7H2,1-3H3/t14-,15-,16-,17?/m1/s1/i1D. The molecule has 3 rings (SSSR count). The van der Waals surface area contributed by atoms with Crippen LogP contribution in [0.15, 0.2) is 12.1 Å². The molecule has 0 aliphatic carbocycles. The van der Waals surface area contributed by atoms with Gasteiger partial charge in [0.2, 0.25) is 5.28 Å². The van der Waals surface area contributed by atoms with Crippen LogP contribution < -0.4 is 0 Å². The summed E-state index contributed by atoms with van der Waals surface area (Å²) in [4.78, 5) is 27.7. The fourth-order valence-electron chi connectivity index (χ4n) is 3.20. The molecule has 2 aromatic rings. The minimum absolute atomic E-state index is 0.0158. The number of halogens is 3. The Morgan fingerprint density at radius 3 is 2.48 bits per heavy atom. The zero-order chi connectivity index (χ0) is 22.0. The molecule has 1 aromatic heterocycles. The summed E-state index contributed by atoms with van der Waals surface area (Å²) in [6, 6.07) is 3.12. The number of aromatic nitrogens is 2. The average molecular weight is 467 g/mol. The number of esters is 2. The van der Waals surface area contributed by atoms with E-state index in [0.717, 1.165) is 0 Å². The van der Waals surface area contributed by atoms with Crippen molar-refractivity contribution in [3.8, 4) is 0 Å². The molecule has 0 spiro atoms. The number of rotatable bonds is 6. The third kappa shape index (κ3) is 4.62. The van der Waals surface area contributed by atoms with Crippen LogP contribution in [0.4, 0.5) is 0 Å². The molecule has 11 heteroatoms. The Kier molecular flexibility index (Phi) is 6.46. The van der Waals surface area contributed by atoms with Gasteiger partial charge in [0.1, 0.15) is 6.10 Å². The van der Waals surface area contributed by atoms with Crippen LogP contribution in [0, 0.1) is 0 Å². The number of hydrogen-bond donors (Lipinski definition) is 0. The Balaban J connectivity index is 2.05. The van der Waals surface area contributed by atoms with E-state index in [9.17, 15) is 9.59 Å². The highest BCUT2D eigenvalue weighted by Crippen LogP contribution is 2.39. The topological polar surface area (TPSA) is 88.9 Å². The van der Waals surface area contributed by atoms with Gasteiger partial charge in [0.05, 0.1) is 27.7 Å². The molecule has 0 saturated carbocycles. The highest BCUT2D eigenvalue weighted by Gasteiger charge is 2.51. The Hall–Kier alpha value is -1.58. The summed E-state index contributed by atoms with van der Waals surface area (Å²) in [6.45, 7) is 2.71. The van der Waals surface area contributed by atoms with Gasteiger partial charge in [0.15, 0.2) is 18.4 Å². The van der Waals surface area contributed by atoms with Crippen LogP contribution in [0.3, 0.4) is 0 Å². The normalized spacial score (nSPS) is 24.5. The lowest BCUT2D eigenvalue weighted by Crippen LogP contribution is -2.40. The van der Waals surface area contributed by atoms with Gasteiger partial charge < -0.3 is 18.9 Å². The maximum absolute atomic E-state index is 11.8. The van der Waals surface area contributed by atoms with Crippen molar-refractivity contribution >= 4 is 57.8 Å². The van der Waals surface area contributed by atoms with Crippen molar-refractivity contribution in [2.45, 2.75) is 45.3 Å². The molecule has 1 aliphatic rings. The van der Waals surface area contributed by atoms with Gasteiger partial charge in [-0.05, 0) is 30.6 Å². The maximum atomic E-state index is 11.8. The molecular weight excluding hydrogens is 447 g/mol. The lowest BCUT2D eigenvalue weighted by atomic mass is 10.1. The minimum Gasteiger partial charge on any atom is -0.456 e. The molecule has 29 heavy (non-hydrogen) atoms. The van der Waals surface area contributed by atoms with Crippen molar-refractivity contribution in [1.82, 2.24) is 9.55 Å². The molecule has 1 fully saturated rings. The lowest BCUT2D eigenvalue weighted by molar-refractivity contribution is -0.165. The Bertz CT molecular complexity index is 956. The molecule has 0 radical (unpaired) electrons. The molecule has 0 bridgehead atoms. The molecule has 1 aromatic carbocycles. The van der Waals surface area contributed by atoms with Gasteiger partial charge in [-0.1, -0.05) is 23.2 Å². The van der Waals surface area contributed by atoms with E-state index in [1.54, 1.807) is 12.1 Å². The number of ether oxygens (including phenoxy) is 4. The van der Waals surface area contributed by atoms with E-state index in [2.05, 4.69) is 4.98 Å². The van der Waals surface area contributed by atoms with Crippen LogP contribution in [0.25, 0.3) is 11.0 Å². The zero-order valence-electron chi connectivity index (χ0n) is 16.6. The summed E-state index contributed by atoms with van der Waals surface area (Å²) in [5.74, 6) is -1.18. The van der Waals surface area contributed by atoms with Gasteiger partial charge in [0, 0.05) is 21.8 Å². The van der Waals surface area contributed by atoms with E-state index in [-0.39, 0.29) is 30.4 Å². The van der Waals surface area contributed by atoms with Crippen molar-refractivity contribution in [3.63, 3.8) is 0 Å². The Labute approximate surface area is 183 Å². The summed E-state index contributed by atoms with van der Waals surface area (Å²) in [7, 11) is 0. The summed E-state index contributed by atoms with van der Waals surface area (Å²) in [5, 5.41) is 0.615. The van der Waals surface area contributed by atoms with Crippen molar-refractivity contribution in [2.24, 2.45) is 0 Å². The summed E-state index contributed by atoms with van der Waals surface area (Å²) >= 11 is 18.6. The van der Waals surface area contributed by atoms with Crippen LogP contribution in [-0.4, -0.2) is 53.0 Å². The van der Waals surface area contributed by atoms with E-state index >= 15 is 0 Å². The van der Waals surface area contributed by atoms with Gasteiger partial charge in [-0.2, -0.15) is 0 Å². The van der Waals surface area contributed by atoms with Gasteiger partial charge in [-0.25, -0.2) is 4.98 Å². The number of nitrogens with zero attached hydrogens (tertiary/aromatic N) is 2. The number of carbonyl (C=O) groups excluding carboxylic acids is 2. The highest BCUT2D eigenvalue weighted by atomic mass is 35.5. The predicted molar refractivity (Wildman–Crippen MR) is 106 cm³/mol. The molecule has 2 heterocycles. The first-order valence-electron chi connectivity index (χ1n) is 9.33. The van der Waals surface area contributed by atoms with Gasteiger partial charge in [-0.3, -0.25) is 14.2 Å². The Morgan fingerprint density at radius 2 is 1.83 bits per heavy atom. The molecule has 1 aliphatic heterocycles. The Morgan fingerprint density at radius 1 is 1.17 bits per heavy atom. The van der Waals surface area contributed by atoms with Crippen LogP contribution in [0.1, 0.15) is 28.3 Å². The van der Waals surface area contributed by atoms with Crippen LogP contribution >= 0.6 is 34.8 Å². The maximum Gasteiger partial charge on any atom is 0.303 e. The monoisotopic (exact) mass is 465 g/mol. The van der Waals surface area contributed by atoms with Crippen LogP contribution in [-0.2, 0) is 28.5 Å². The summed E-state index contributed by atoms with van der Waals surface area (Å²) in [6.07, 6.45) is -3.73. The molecule has 1 saturated heterocycles. The van der Waals surface area contributed by atoms with Crippen LogP contribution in [0.5, 0.6) is 0 Å². The van der Waals surface area contributed by atoms with E-state index in [1.165, 1.54) is 18.4 Å². The molecule has 158 valence electrons. The second kappa shape index (κ2) is 9.06. The largest absolute Gasteiger partial charge is 0.456 e. The molecule has 8 nitrogen and oxygen atoms in total. The first-order chi connectivity index (χ1) is 14.2. The van der Waals surface area contributed by atoms with E-state index < -0.39 is 36.5 Å². The first-order valence-corrected chi connectivity index (χ1v) is 9.75. The third-order valence-corrected chi connectivity index (χ3v) is 5.25. The van der Waals surface area contributed by atoms with Crippen LogP contribution in [0.2, 0.25) is 15.3 Å². The molecular formula is C18H19Cl3N2O6. The minimum atomic E-state index is -1.03. The first kappa shape index (κ1) is 20.7. The zero-order valence-corrected chi connectivity index (χ0v) is 17.8. The molecule has 4 atom stereocenters. The van der Waals surface area contributed by atoms with Crippen molar-refractivity contribution in [1.29, 1.82) is 0 Å². The molecule has 0 N–H and O–H groups in total. The fourth-order valence-corrected chi connectivity index (χ4v) is 3.80. The van der Waals surface area contributed by atoms with Crippen molar-refractivity contribution in [2.75, 3.05) is 13.2 Å². The van der Waals surface area contributed by atoms with Gasteiger partial charge in [0.25, 0.3) is 0 Å². The van der Waals surface area contributed by atoms with E-state index in [1.807, 2.05) is 0 Å². The summed E-state index contributed by atoms with van der Waals surface area (Å²) < 4.78 is 31.0. The number of imidazole rings is 1. The van der Waals surface area contributed by atoms with E-state index in [0.29, 0.717) is 16.1 Å². The van der Waals surface area contributed by atoms with Crippen molar-refractivity contribution < 1.29 is 29.9 Å². The van der Waals surface area contributed by atoms with Gasteiger partial charge >= 0.3 is 11.9 Å². The number of fused-ring (bicyclic) bond motifs is 1. The lowest BCUT2D eigenvalue weighted by Gasteiger charge is -2.24. The number of carbonyl (C=O) groups is 2. The molecule has 0 amide bonds. The average Bonchev–Trinajstić information content (AvgIpc) is 3.12. The predicted octanol–water partition coefficient (Wildman–Crippen LogP) is 3.79. The SMILES string of the molecule is [2H]CCOC[C@H]1OC(n2c(Cl)nc3cc(Cl)c(Cl)cc32)[C@H](OC(C)=O)[C@@H]1OC(C)=O. The fraction of sp³-hybridized carbons (Fsp3) is 0.500. The molecule has 1 unspecified atom stereocenters.